The summed E-state index contributed by atoms with van der Waals surface area (Å²) in [7, 11) is -7.60. The molecule has 1 aliphatic rings. The maximum absolute atomic E-state index is 13.1. The van der Waals surface area contributed by atoms with Crippen molar-refractivity contribution in [3.05, 3.63) is 59.6 Å². The Bertz CT molecular complexity index is 959. The molecule has 2 aromatic carbocycles. The summed E-state index contributed by atoms with van der Waals surface area (Å²) in [5.74, 6) is -0.908. The van der Waals surface area contributed by atoms with E-state index in [1.165, 1.54) is 36.4 Å². The van der Waals surface area contributed by atoms with Crippen molar-refractivity contribution in [1.82, 2.24) is 0 Å². The number of hydrogen-bond donors (Lipinski definition) is 1. The molecule has 2 unspecified atom stereocenters. The Hall–Kier alpha value is -1.61. The molecule has 6 nitrogen and oxygen atoms in total. The van der Waals surface area contributed by atoms with E-state index < -0.39 is 43.5 Å². The highest BCUT2D eigenvalue weighted by atomic mass is 35.5. The van der Waals surface area contributed by atoms with Gasteiger partial charge in [0.1, 0.15) is 0 Å². The Morgan fingerprint density at radius 3 is 2.12 bits per heavy atom. The predicted molar refractivity (Wildman–Crippen MR) is 96.0 cm³/mol. The Morgan fingerprint density at radius 1 is 1.00 bits per heavy atom. The fourth-order valence-corrected chi connectivity index (χ4v) is 6.53. The number of sulfonamides is 1. The summed E-state index contributed by atoms with van der Waals surface area (Å²) in [6, 6.07) is 12.6. The lowest BCUT2D eigenvalue weighted by molar-refractivity contribution is 0.184. The molecule has 0 aliphatic carbocycles. The number of sulfone groups is 1. The Kier molecular flexibility index (Phi) is 4.80. The normalized spacial score (nSPS) is 22.6. The average molecular weight is 402 g/mol. The van der Waals surface area contributed by atoms with Crippen molar-refractivity contribution >= 4 is 37.1 Å². The van der Waals surface area contributed by atoms with Crippen LogP contribution in [-0.4, -0.2) is 45.6 Å². The number of aliphatic hydroxyl groups excluding tert-OH is 1. The van der Waals surface area contributed by atoms with Gasteiger partial charge in [0.05, 0.1) is 34.2 Å². The number of aliphatic hydroxyl groups is 1. The summed E-state index contributed by atoms with van der Waals surface area (Å²) >= 11 is 5.87. The van der Waals surface area contributed by atoms with Crippen molar-refractivity contribution in [2.45, 2.75) is 17.0 Å². The highest BCUT2D eigenvalue weighted by molar-refractivity contribution is 7.93. The number of benzene rings is 2. The maximum Gasteiger partial charge on any atom is 0.264 e. The van der Waals surface area contributed by atoms with E-state index in [-0.39, 0.29) is 10.6 Å². The monoisotopic (exact) mass is 401 g/mol. The Morgan fingerprint density at radius 2 is 1.60 bits per heavy atom. The molecule has 0 amide bonds. The van der Waals surface area contributed by atoms with Gasteiger partial charge in [0, 0.05) is 5.02 Å². The summed E-state index contributed by atoms with van der Waals surface area (Å²) in [6.07, 6.45) is -1.31. The third-order valence-corrected chi connectivity index (χ3v) is 7.79. The van der Waals surface area contributed by atoms with Gasteiger partial charge in [-0.1, -0.05) is 29.8 Å². The third-order valence-electron chi connectivity index (χ3n) is 3.98. The van der Waals surface area contributed by atoms with Crippen molar-refractivity contribution in [3.8, 4) is 0 Å². The zero-order valence-corrected chi connectivity index (χ0v) is 15.4. The standard InChI is InChI=1S/C16H16ClNO5S2/c17-12-6-8-13(9-7-12)18(15-10-24(20,21)11-16(15)19)25(22,23)14-4-2-1-3-5-14/h1-9,15-16,19H,10-11H2. The van der Waals surface area contributed by atoms with E-state index in [9.17, 15) is 21.9 Å². The summed E-state index contributed by atoms with van der Waals surface area (Å²) in [4.78, 5) is 0.0152. The molecule has 9 heteroatoms. The van der Waals surface area contributed by atoms with Crippen molar-refractivity contribution in [2.24, 2.45) is 0 Å². The molecular formula is C16H16ClNO5S2. The summed E-state index contributed by atoms with van der Waals surface area (Å²) in [5, 5.41) is 10.6. The van der Waals surface area contributed by atoms with Gasteiger partial charge in [-0.05, 0) is 36.4 Å². The molecule has 0 aromatic heterocycles. The molecule has 2 atom stereocenters. The zero-order valence-electron chi connectivity index (χ0n) is 13.0. The van der Waals surface area contributed by atoms with E-state index in [1.807, 2.05) is 0 Å². The molecule has 1 aliphatic heterocycles. The van der Waals surface area contributed by atoms with Crippen LogP contribution in [0.1, 0.15) is 0 Å². The van der Waals surface area contributed by atoms with Gasteiger partial charge in [-0.3, -0.25) is 4.31 Å². The first kappa shape index (κ1) is 18.2. The lowest BCUT2D eigenvalue weighted by Crippen LogP contribution is -2.47. The number of hydrogen-bond acceptors (Lipinski definition) is 5. The zero-order chi connectivity index (χ0) is 18.2. The fraction of sp³-hybridized carbons (Fsp3) is 0.250. The summed E-state index contributed by atoms with van der Waals surface area (Å²) < 4.78 is 51.1. The van der Waals surface area contributed by atoms with Gasteiger partial charge in [-0.25, -0.2) is 16.8 Å². The van der Waals surface area contributed by atoms with Crippen LogP contribution in [0.15, 0.2) is 59.5 Å². The first-order chi connectivity index (χ1) is 11.7. The summed E-state index contributed by atoms with van der Waals surface area (Å²) in [6.45, 7) is 0. The SMILES string of the molecule is O=S1(=O)CC(O)C(N(c2ccc(Cl)cc2)S(=O)(=O)c2ccccc2)C1. The van der Waals surface area contributed by atoms with Gasteiger partial charge >= 0.3 is 0 Å². The lowest BCUT2D eigenvalue weighted by atomic mass is 10.2. The highest BCUT2D eigenvalue weighted by Crippen LogP contribution is 2.31. The number of rotatable bonds is 4. The van der Waals surface area contributed by atoms with Crippen LogP contribution in [-0.2, 0) is 19.9 Å². The second-order valence-corrected chi connectivity index (χ2v) is 10.2. The molecule has 1 fully saturated rings. The molecule has 3 rings (SSSR count). The second-order valence-electron chi connectivity index (χ2n) is 5.80. The van der Waals surface area contributed by atoms with Gasteiger partial charge < -0.3 is 5.11 Å². The predicted octanol–water partition coefficient (Wildman–Crippen LogP) is 1.69. The first-order valence-corrected chi connectivity index (χ1v) is 11.1. The largest absolute Gasteiger partial charge is 0.390 e. The van der Waals surface area contributed by atoms with Crippen LogP contribution in [0.5, 0.6) is 0 Å². The van der Waals surface area contributed by atoms with Crippen molar-refractivity contribution in [3.63, 3.8) is 0 Å². The van der Waals surface area contributed by atoms with Crippen molar-refractivity contribution in [2.75, 3.05) is 15.8 Å². The van der Waals surface area contributed by atoms with Crippen LogP contribution in [0.3, 0.4) is 0 Å². The molecule has 1 N–H and O–H groups in total. The molecule has 1 saturated heterocycles. The van der Waals surface area contributed by atoms with E-state index in [2.05, 4.69) is 0 Å². The molecule has 0 radical (unpaired) electrons. The van der Waals surface area contributed by atoms with Gasteiger partial charge in [0.25, 0.3) is 10.0 Å². The Labute approximate surface area is 151 Å². The fourth-order valence-electron chi connectivity index (χ4n) is 2.84. The van der Waals surface area contributed by atoms with Crippen molar-refractivity contribution in [1.29, 1.82) is 0 Å². The molecule has 134 valence electrons. The minimum atomic E-state index is -4.07. The van der Waals surface area contributed by atoms with Crippen LogP contribution in [0.25, 0.3) is 0 Å². The van der Waals surface area contributed by atoms with Gasteiger partial charge in [0.2, 0.25) is 0 Å². The van der Waals surface area contributed by atoms with E-state index in [1.54, 1.807) is 18.2 Å². The Balaban J connectivity index is 2.15. The molecule has 0 spiro atoms. The highest BCUT2D eigenvalue weighted by Gasteiger charge is 2.44. The number of halogens is 1. The maximum atomic E-state index is 13.1. The van der Waals surface area contributed by atoms with E-state index in [0.29, 0.717) is 5.02 Å². The second kappa shape index (κ2) is 6.60. The van der Waals surface area contributed by atoms with Crippen LogP contribution in [0.4, 0.5) is 5.69 Å². The van der Waals surface area contributed by atoms with Crippen LogP contribution in [0.2, 0.25) is 5.02 Å². The van der Waals surface area contributed by atoms with Crippen LogP contribution >= 0.6 is 11.6 Å². The minimum Gasteiger partial charge on any atom is -0.390 e. The topological polar surface area (TPSA) is 91.8 Å². The van der Waals surface area contributed by atoms with Gasteiger partial charge in [-0.2, -0.15) is 0 Å². The molecule has 1 heterocycles. The summed E-state index contributed by atoms with van der Waals surface area (Å²) in [5.41, 5.74) is 0.245. The first-order valence-electron chi connectivity index (χ1n) is 7.44. The van der Waals surface area contributed by atoms with Gasteiger partial charge in [-0.15, -0.1) is 0 Å². The number of anilines is 1. The molecule has 0 saturated carbocycles. The minimum absolute atomic E-state index is 0.0152. The molecular weight excluding hydrogens is 386 g/mol. The molecule has 0 bridgehead atoms. The lowest BCUT2D eigenvalue weighted by Gasteiger charge is -2.31. The van der Waals surface area contributed by atoms with E-state index >= 15 is 0 Å². The number of nitrogens with zero attached hydrogens (tertiary/aromatic N) is 1. The van der Waals surface area contributed by atoms with Gasteiger partial charge in [0.15, 0.2) is 9.84 Å². The smallest absolute Gasteiger partial charge is 0.264 e. The third kappa shape index (κ3) is 3.67. The molecule has 2 aromatic rings. The van der Waals surface area contributed by atoms with Crippen molar-refractivity contribution < 1.29 is 21.9 Å². The average Bonchev–Trinajstić information content (AvgIpc) is 2.83. The van der Waals surface area contributed by atoms with E-state index in [0.717, 1.165) is 4.31 Å². The van der Waals surface area contributed by atoms with Crippen LogP contribution in [0, 0.1) is 0 Å². The van der Waals surface area contributed by atoms with E-state index in [4.69, 9.17) is 11.6 Å². The quantitative estimate of drug-likeness (QED) is 0.841. The van der Waals surface area contributed by atoms with Crippen LogP contribution < -0.4 is 4.31 Å². The molecule has 25 heavy (non-hydrogen) atoms.